The van der Waals surface area contributed by atoms with Gasteiger partial charge in [-0.2, -0.15) is 0 Å². The monoisotopic (exact) mass is 570 g/mol. The highest BCUT2D eigenvalue weighted by Gasteiger charge is 2.14. The van der Waals surface area contributed by atoms with Crippen LogP contribution in [0.1, 0.15) is 149 Å². The van der Waals surface area contributed by atoms with Crippen LogP contribution in [0.4, 0.5) is 4.79 Å². The Balaban J connectivity index is 4.10. The molecule has 0 bridgehead atoms. The minimum absolute atomic E-state index is 0.150. The van der Waals surface area contributed by atoms with Crippen molar-refractivity contribution in [1.82, 2.24) is 10.2 Å². The molecule has 0 aromatic carbocycles. The van der Waals surface area contributed by atoms with Crippen molar-refractivity contribution in [2.45, 2.75) is 149 Å². The Kier molecular flexibility index (Phi) is 31.1. The summed E-state index contributed by atoms with van der Waals surface area (Å²) in [6.07, 6.45) is 24.7. The van der Waals surface area contributed by atoms with Crippen LogP contribution in [-0.2, 0) is 19.0 Å². The molecule has 0 unspecified atom stereocenters. The molecule has 0 aliphatic rings. The number of nitrogens with one attached hydrogen (secondary N) is 1. The molecule has 0 aliphatic carbocycles. The summed E-state index contributed by atoms with van der Waals surface area (Å²) in [6.45, 7) is 8.37. The molecular weight excluding hydrogens is 504 g/mol. The smallest absolute Gasteiger partial charge is 0.409 e. The molecule has 0 saturated carbocycles. The summed E-state index contributed by atoms with van der Waals surface area (Å²) in [4.78, 5) is 26.6. The molecule has 0 aromatic rings. The molecular formula is C33H66N2O5. The van der Waals surface area contributed by atoms with Gasteiger partial charge < -0.3 is 24.4 Å². The molecule has 2 amide bonds. The Morgan fingerprint density at radius 2 is 1.05 bits per heavy atom. The molecule has 0 spiro atoms. The van der Waals surface area contributed by atoms with Crippen LogP contribution in [0.25, 0.3) is 0 Å². The minimum Gasteiger partial charge on any atom is -0.447 e. The van der Waals surface area contributed by atoms with Crippen molar-refractivity contribution in [3.05, 3.63) is 0 Å². The SMILES string of the molecule is CCCCCCCCCCCCCCN(CCCCCC(=O)NCCCCCCC)C(=O)OCCOCCOC. The molecule has 0 rings (SSSR count). The molecule has 7 nitrogen and oxygen atoms in total. The fourth-order valence-electron chi connectivity index (χ4n) is 4.77. The maximum absolute atomic E-state index is 12.7. The third-order valence-corrected chi connectivity index (χ3v) is 7.36. The molecule has 0 aliphatic heterocycles. The zero-order chi connectivity index (χ0) is 29.4. The van der Waals surface area contributed by atoms with Crippen molar-refractivity contribution >= 4 is 12.0 Å². The van der Waals surface area contributed by atoms with E-state index in [9.17, 15) is 9.59 Å². The average Bonchev–Trinajstić information content (AvgIpc) is 2.95. The first-order chi connectivity index (χ1) is 19.7. The second kappa shape index (κ2) is 32.2. The summed E-state index contributed by atoms with van der Waals surface area (Å²) in [5.41, 5.74) is 0. The lowest BCUT2D eigenvalue weighted by Gasteiger charge is -2.22. The summed E-state index contributed by atoms with van der Waals surface area (Å²) < 4.78 is 15.9. The third kappa shape index (κ3) is 28.2. The Morgan fingerprint density at radius 3 is 1.60 bits per heavy atom. The van der Waals surface area contributed by atoms with Crippen LogP contribution in [0.3, 0.4) is 0 Å². The van der Waals surface area contributed by atoms with E-state index < -0.39 is 0 Å². The molecule has 0 saturated heterocycles. The largest absolute Gasteiger partial charge is 0.447 e. The Hall–Kier alpha value is -1.34. The number of carbonyl (C=O) groups is 2. The number of amides is 2. The number of hydrogen-bond acceptors (Lipinski definition) is 5. The van der Waals surface area contributed by atoms with E-state index in [2.05, 4.69) is 19.2 Å². The van der Waals surface area contributed by atoms with E-state index >= 15 is 0 Å². The quantitative estimate of drug-likeness (QED) is 0.0846. The Morgan fingerprint density at radius 1 is 0.575 bits per heavy atom. The Bertz CT molecular complexity index is 547. The lowest BCUT2D eigenvalue weighted by molar-refractivity contribution is -0.121. The van der Waals surface area contributed by atoms with Crippen LogP contribution in [0.2, 0.25) is 0 Å². The highest BCUT2D eigenvalue weighted by atomic mass is 16.6. The predicted octanol–water partition coefficient (Wildman–Crippen LogP) is 8.44. The molecule has 0 radical (unpaired) electrons. The molecule has 0 atom stereocenters. The van der Waals surface area contributed by atoms with Crippen molar-refractivity contribution in [3.63, 3.8) is 0 Å². The lowest BCUT2D eigenvalue weighted by Crippen LogP contribution is -2.34. The van der Waals surface area contributed by atoms with E-state index in [0.717, 1.165) is 51.6 Å². The van der Waals surface area contributed by atoms with Gasteiger partial charge in [0.25, 0.3) is 0 Å². The average molecular weight is 571 g/mol. The molecule has 0 heterocycles. The first-order valence-corrected chi connectivity index (χ1v) is 16.9. The molecule has 1 N–H and O–H groups in total. The number of nitrogens with zero attached hydrogens (tertiary/aromatic N) is 1. The number of carbonyl (C=O) groups excluding carboxylic acids is 2. The lowest BCUT2D eigenvalue weighted by atomic mass is 10.1. The maximum Gasteiger partial charge on any atom is 0.409 e. The first-order valence-electron chi connectivity index (χ1n) is 16.9. The number of hydrogen-bond donors (Lipinski definition) is 1. The van der Waals surface area contributed by atoms with Gasteiger partial charge in [-0.1, -0.05) is 117 Å². The number of ether oxygens (including phenoxy) is 3. The van der Waals surface area contributed by atoms with E-state index in [1.165, 1.54) is 89.9 Å². The van der Waals surface area contributed by atoms with E-state index in [1.807, 2.05) is 4.90 Å². The summed E-state index contributed by atoms with van der Waals surface area (Å²) in [5, 5.41) is 3.04. The van der Waals surface area contributed by atoms with Crippen LogP contribution in [0, 0.1) is 0 Å². The summed E-state index contributed by atoms with van der Waals surface area (Å²) in [6, 6.07) is 0. The van der Waals surface area contributed by atoms with Gasteiger partial charge in [0.05, 0.1) is 19.8 Å². The van der Waals surface area contributed by atoms with Crippen LogP contribution < -0.4 is 5.32 Å². The molecule has 238 valence electrons. The molecule has 40 heavy (non-hydrogen) atoms. The predicted molar refractivity (Wildman–Crippen MR) is 167 cm³/mol. The molecule has 0 fully saturated rings. The van der Waals surface area contributed by atoms with Gasteiger partial charge in [-0.05, 0) is 25.7 Å². The topological polar surface area (TPSA) is 77.1 Å². The number of unbranched alkanes of at least 4 members (excludes halogenated alkanes) is 17. The van der Waals surface area contributed by atoms with Gasteiger partial charge in [0.15, 0.2) is 0 Å². The Labute approximate surface area is 247 Å². The second-order valence-electron chi connectivity index (χ2n) is 11.2. The summed E-state index contributed by atoms with van der Waals surface area (Å²) in [7, 11) is 1.64. The zero-order valence-electron chi connectivity index (χ0n) is 26.8. The highest BCUT2D eigenvalue weighted by Crippen LogP contribution is 2.13. The first kappa shape index (κ1) is 38.7. The standard InChI is InChI=1S/C33H66N2O5/c1-4-6-8-10-11-12-13-14-15-16-18-22-26-35(33(37)40-31-30-39-29-28-38-3)27-23-19-20-24-32(36)34-25-21-17-9-7-5-2/h4-31H2,1-3H3,(H,34,36). The normalized spacial score (nSPS) is 11.1. The fourth-order valence-corrected chi connectivity index (χ4v) is 4.77. The van der Waals surface area contributed by atoms with Gasteiger partial charge in [-0.25, -0.2) is 4.79 Å². The van der Waals surface area contributed by atoms with E-state index in [1.54, 1.807) is 7.11 Å². The highest BCUT2D eigenvalue weighted by molar-refractivity contribution is 5.75. The van der Waals surface area contributed by atoms with Gasteiger partial charge in [0, 0.05) is 33.2 Å². The van der Waals surface area contributed by atoms with Gasteiger partial charge in [0.2, 0.25) is 5.91 Å². The molecule has 0 aromatic heterocycles. The van der Waals surface area contributed by atoms with Gasteiger partial charge in [-0.15, -0.1) is 0 Å². The van der Waals surface area contributed by atoms with E-state index in [4.69, 9.17) is 14.2 Å². The fraction of sp³-hybridized carbons (Fsp3) is 0.939. The third-order valence-electron chi connectivity index (χ3n) is 7.36. The maximum atomic E-state index is 12.7. The van der Waals surface area contributed by atoms with Crippen LogP contribution >= 0.6 is 0 Å². The van der Waals surface area contributed by atoms with Crippen molar-refractivity contribution in [2.75, 3.05) is 53.2 Å². The van der Waals surface area contributed by atoms with Gasteiger partial charge >= 0.3 is 6.09 Å². The van der Waals surface area contributed by atoms with Crippen LogP contribution in [-0.4, -0.2) is 70.1 Å². The number of methoxy groups -OCH3 is 1. The summed E-state index contributed by atoms with van der Waals surface area (Å²) >= 11 is 0. The van der Waals surface area contributed by atoms with Crippen LogP contribution in [0.15, 0.2) is 0 Å². The van der Waals surface area contributed by atoms with Crippen molar-refractivity contribution in [1.29, 1.82) is 0 Å². The van der Waals surface area contributed by atoms with Gasteiger partial charge in [0.1, 0.15) is 6.61 Å². The van der Waals surface area contributed by atoms with Crippen molar-refractivity contribution in [2.24, 2.45) is 0 Å². The van der Waals surface area contributed by atoms with Crippen LogP contribution in [0.5, 0.6) is 0 Å². The number of rotatable bonds is 31. The zero-order valence-corrected chi connectivity index (χ0v) is 26.8. The van der Waals surface area contributed by atoms with Crippen molar-refractivity contribution < 1.29 is 23.8 Å². The molecule has 7 heteroatoms. The van der Waals surface area contributed by atoms with Crippen molar-refractivity contribution in [3.8, 4) is 0 Å². The van der Waals surface area contributed by atoms with E-state index in [-0.39, 0.29) is 18.6 Å². The minimum atomic E-state index is -0.251. The van der Waals surface area contributed by atoms with E-state index in [0.29, 0.717) is 32.8 Å². The van der Waals surface area contributed by atoms with Gasteiger partial charge in [-0.3, -0.25) is 4.79 Å². The summed E-state index contributed by atoms with van der Waals surface area (Å²) in [5.74, 6) is 0.150. The second-order valence-corrected chi connectivity index (χ2v) is 11.2.